The maximum absolute atomic E-state index is 12.6. The lowest BCUT2D eigenvalue weighted by Crippen LogP contribution is -2.27. The van der Waals surface area contributed by atoms with Gasteiger partial charge < -0.3 is 15.2 Å². The smallest absolute Gasteiger partial charge is 0.266 e. The Kier molecular flexibility index (Phi) is 6.63. The average Bonchev–Trinajstić information content (AvgIpc) is 3.04. The first kappa shape index (κ1) is 21.8. The molecule has 4 aromatic rings. The number of thiophene rings is 1. The highest BCUT2D eigenvalue weighted by Crippen LogP contribution is 2.37. The van der Waals surface area contributed by atoms with Crippen LogP contribution in [0.15, 0.2) is 45.7 Å². The summed E-state index contributed by atoms with van der Waals surface area (Å²) in [7, 11) is 4.03. The highest BCUT2D eigenvalue weighted by Gasteiger charge is 2.14. The number of carbonyl (C=O) groups is 1. The Morgan fingerprint density at radius 2 is 1.97 bits per heavy atom. The van der Waals surface area contributed by atoms with E-state index in [1.54, 1.807) is 6.07 Å². The van der Waals surface area contributed by atoms with E-state index in [4.69, 9.17) is 0 Å². The highest BCUT2D eigenvalue weighted by molar-refractivity contribution is 9.10. The number of hydrogen-bond acceptors (Lipinski definition) is 4. The summed E-state index contributed by atoms with van der Waals surface area (Å²) in [6, 6.07) is 11.5. The number of nitrogens with one attached hydrogen (secondary N) is 2. The SMILES string of the molecule is CN(C)CCCNC(=O)c1ccc2[nH]c(=O)c3sc4cc(Br)ccc4c3c2c1.Cl. The van der Waals surface area contributed by atoms with Crippen LogP contribution in [0, 0.1) is 0 Å². The van der Waals surface area contributed by atoms with Gasteiger partial charge in [0.2, 0.25) is 0 Å². The summed E-state index contributed by atoms with van der Waals surface area (Å²) in [5, 5.41) is 5.81. The zero-order chi connectivity index (χ0) is 19.8. The van der Waals surface area contributed by atoms with Gasteiger partial charge in [-0.05, 0) is 57.4 Å². The van der Waals surface area contributed by atoms with E-state index >= 15 is 0 Å². The minimum atomic E-state index is -0.0966. The summed E-state index contributed by atoms with van der Waals surface area (Å²) < 4.78 is 2.70. The average molecular weight is 495 g/mol. The van der Waals surface area contributed by atoms with E-state index in [2.05, 4.69) is 31.1 Å². The molecular weight excluding hydrogens is 474 g/mol. The van der Waals surface area contributed by atoms with Crippen molar-refractivity contribution in [3.05, 3.63) is 56.8 Å². The fraction of sp³-hybridized carbons (Fsp3) is 0.238. The molecule has 0 aliphatic heterocycles. The number of H-pyrrole nitrogens is 1. The topological polar surface area (TPSA) is 65.2 Å². The van der Waals surface area contributed by atoms with Gasteiger partial charge in [0.25, 0.3) is 11.5 Å². The maximum atomic E-state index is 12.6. The van der Waals surface area contributed by atoms with Crippen molar-refractivity contribution < 1.29 is 4.79 Å². The van der Waals surface area contributed by atoms with Crippen LogP contribution in [0.4, 0.5) is 0 Å². The van der Waals surface area contributed by atoms with Crippen molar-refractivity contribution in [2.75, 3.05) is 27.2 Å². The van der Waals surface area contributed by atoms with Crippen LogP contribution < -0.4 is 10.9 Å². The van der Waals surface area contributed by atoms with Gasteiger partial charge in [-0.25, -0.2) is 0 Å². The molecule has 0 radical (unpaired) electrons. The Morgan fingerprint density at radius 3 is 2.72 bits per heavy atom. The van der Waals surface area contributed by atoms with E-state index < -0.39 is 0 Å². The molecule has 0 unspecified atom stereocenters. The molecule has 0 saturated heterocycles. The maximum Gasteiger partial charge on any atom is 0.266 e. The van der Waals surface area contributed by atoms with E-state index in [9.17, 15) is 9.59 Å². The van der Waals surface area contributed by atoms with Crippen LogP contribution in [0.2, 0.25) is 0 Å². The molecule has 0 atom stereocenters. The lowest BCUT2D eigenvalue weighted by Gasteiger charge is -2.10. The molecule has 152 valence electrons. The van der Waals surface area contributed by atoms with Crippen molar-refractivity contribution in [3.8, 4) is 0 Å². The first-order chi connectivity index (χ1) is 13.4. The van der Waals surface area contributed by atoms with Crippen molar-refractivity contribution in [1.29, 1.82) is 0 Å². The first-order valence-corrected chi connectivity index (χ1v) is 10.7. The Hall–Kier alpha value is -1.93. The van der Waals surface area contributed by atoms with E-state index in [0.29, 0.717) is 16.8 Å². The lowest BCUT2D eigenvalue weighted by atomic mass is 10.0. The van der Waals surface area contributed by atoms with Gasteiger partial charge in [0.05, 0.1) is 0 Å². The molecule has 2 aromatic carbocycles. The Bertz CT molecular complexity index is 1270. The molecule has 2 N–H and O–H groups in total. The van der Waals surface area contributed by atoms with Crippen LogP contribution >= 0.6 is 39.7 Å². The molecular formula is C21H21BrClN3O2S. The van der Waals surface area contributed by atoms with Gasteiger partial charge in [0.15, 0.2) is 0 Å². The van der Waals surface area contributed by atoms with Gasteiger partial charge in [-0.2, -0.15) is 0 Å². The number of hydrogen-bond donors (Lipinski definition) is 2. The Balaban J connectivity index is 0.00000240. The molecule has 0 aliphatic carbocycles. The second-order valence-corrected chi connectivity index (χ2v) is 9.04. The summed E-state index contributed by atoms with van der Waals surface area (Å²) in [4.78, 5) is 30.2. The van der Waals surface area contributed by atoms with Gasteiger partial charge in [0.1, 0.15) is 4.70 Å². The Morgan fingerprint density at radius 1 is 1.17 bits per heavy atom. The van der Waals surface area contributed by atoms with Gasteiger partial charge in [-0.3, -0.25) is 9.59 Å². The molecule has 1 amide bonds. The predicted octanol–water partition coefficient (Wildman–Crippen LogP) is 4.76. The van der Waals surface area contributed by atoms with Crippen LogP contribution in [-0.2, 0) is 0 Å². The minimum absolute atomic E-state index is 0. The molecule has 0 spiro atoms. The van der Waals surface area contributed by atoms with Crippen molar-refractivity contribution in [1.82, 2.24) is 15.2 Å². The number of carbonyl (C=O) groups excluding carboxylic acids is 1. The summed E-state index contributed by atoms with van der Waals surface area (Å²) in [5.41, 5.74) is 1.24. The summed E-state index contributed by atoms with van der Waals surface area (Å²) >= 11 is 4.96. The number of benzene rings is 2. The molecule has 29 heavy (non-hydrogen) atoms. The zero-order valence-corrected chi connectivity index (χ0v) is 19.3. The van der Waals surface area contributed by atoms with Crippen molar-refractivity contribution in [3.63, 3.8) is 0 Å². The number of pyridine rings is 1. The molecule has 2 aromatic heterocycles. The number of amides is 1. The number of aromatic nitrogens is 1. The fourth-order valence-corrected chi connectivity index (χ4v) is 5.04. The number of nitrogens with zero attached hydrogens (tertiary/aromatic N) is 1. The van der Waals surface area contributed by atoms with Gasteiger partial charge in [-0.1, -0.05) is 22.0 Å². The minimum Gasteiger partial charge on any atom is -0.352 e. The van der Waals surface area contributed by atoms with E-state index in [1.165, 1.54) is 11.3 Å². The van der Waals surface area contributed by atoms with Gasteiger partial charge >= 0.3 is 0 Å². The third-order valence-electron chi connectivity index (χ3n) is 4.73. The number of fused-ring (bicyclic) bond motifs is 5. The Labute approximate surface area is 186 Å². The molecule has 4 rings (SSSR count). The molecule has 0 aliphatic rings. The molecule has 8 heteroatoms. The predicted molar refractivity (Wildman–Crippen MR) is 128 cm³/mol. The van der Waals surface area contributed by atoms with Gasteiger partial charge in [0, 0.05) is 43.0 Å². The third-order valence-corrected chi connectivity index (χ3v) is 6.37. The van der Waals surface area contributed by atoms with Crippen LogP contribution in [0.5, 0.6) is 0 Å². The van der Waals surface area contributed by atoms with Crippen LogP contribution in [0.1, 0.15) is 16.8 Å². The third kappa shape index (κ3) is 4.33. The standard InChI is InChI=1S/C21H20BrN3O2S.ClH/c1-25(2)9-3-8-23-20(26)12-4-7-16-15(10-12)18-14-6-5-13(22)11-17(14)28-19(18)21(27)24-16;/h4-7,10-11H,3,8-9H2,1-2H3,(H,23,26)(H,24,27);1H. The van der Waals surface area contributed by atoms with Crippen molar-refractivity contribution >= 4 is 76.7 Å². The molecule has 2 heterocycles. The lowest BCUT2D eigenvalue weighted by molar-refractivity contribution is 0.0952. The van der Waals surface area contributed by atoms with Crippen LogP contribution in [0.25, 0.3) is 31.1 Å². The van der Waals surface area contributed by atoms with Gasteiger partial charge in [-0.15, -0.1) is 23.7 Å². The van der Waals surface area contributed by atoms with E-state index in [1.807, 2.05) is 44.4 Å². The summed E-state index contributed by atoms with van der Waals surface area (Å²) in [6.07, 6.45) is 0.897. The van der Waals surface area contributed by atoms with Crippen molar-refractivity contribution in [2.24, 2.45) is 0 Å². The number of halogens is 2. The van der Waals surface area contributed by atoms with Crippen molar-refractivity contribution in [2.45, 2.75) is 6.42 Å². The fourth-order valence-electron chi connectivity index (χ4n) is 3.38. The molecule has 0 saturated carbocycles. The summed E-state index contributed by atoms with van der Waals surface area (Å²) in [6.45, 7) is 1.56. The molecule has 5 nitrogen and oxygen atoms in total. The normalized spacial score (nSPS) is 11.3. The van der Waals surface area contributed by atoms with Crippen LogP contribution in [0.3, 0.4) is 0 Å². The van der Waals surface area contributed by atoms with E-state index in [-0.39, 0.29) is 23.9 Å². The second-order valence-electron chi connectivity index (χ2n) is 7.07. The second kappa shape index (κ2) is 8.83. The van der Waals surface area contributed by atoms with Crippen LogP contribution in [-0.4, -0.2) is 43.0 Å². The number of aromatic amines is 1. The quantitative estimate of drug-likeness (QED) is 0.393. The highest BCUT2D eigenvalue weighted by atomic mass is 79.9. The largest absolute Gasteiger partial charge is 0.352 e. The monoisotopic (exact) mass is 493 g/mol. The molecule has 0 bridgehead atoms. The van der Waals surface area contributed by atoms with E-state index in [0.717, 1.165) is 43.8 Å². The first-order valence-electron chi connectivity index (χ1n) is 9.05. The zero-order valence-electron chi connectivity index (χ0n) is 16.0. The number of rotatable bonds is 5. The molecule has 0 fully saturated rings. The summed E-state index contributed by atoms with van der Waals surface area (Å²) in [5.74, 6) is -0.0951.